The van der Waals surface area contributed by atoms with Crippen molar-refractivity contribution in [3.05, 3.63) is 108 Å². The van der Waals surface area contributed by atoms with Gasteiger partial charge in [0.15, 0.2) is 0 Å². The van der Waals surface area contributed by atoms with Crippen LogP contribution in [0.3, 0.4) is 0 Å². The molecule has 0 amide bonds. The number of hydrogen-bond acceptors (Lipinski definition) is 5. The van der Waals surface area contributed by atoms with Crippen molar-refractivity contribution in [1.82, 2.24) is 24.5 Å². The molecule has 1 aliphatic rings. The molecule has 6 rings (SSSR count). The SMILES string of the molecule is C1=C(c2ccccc2)Nc2ncnn2[C@H]1c1cn(-c2ccccc2)nc1-c1cccs1. The molecule has 3 aromatic heterocycles. The number of allylic oxidation sites excluding steroid dienone is 1. The van der Waals surface area contributed by atoms with E-state index in [1.165, 1.54) is 0 Å². The molecule has 5 aromatic rings. The average molecular weight is 423 g/mol. The van der Waals surface area contributed by atoms with Crippen molar-refractivity contribution in [3.63, 3.8) is 0 Å². The number of aromatic nitrogens is 5. The Hall–Kier alpha value is -3.97. The van der Waals surface area contributed by atoms with Gasteiger partial charge in [0.05, 0.1) is 10.6 Å². The van der Waals surface area contributed by atoms with E-state index in [2.05, 4.69) is 69.5 Å². The molecule has 0 fully saturated rings. The van der Waals surface area contributed by atoms with Crippen LogP contribution in [0.5, 0.6) is 0 Å². The second-order valence-electron chi connectivity index (χ2n) is 7.23. The first-order chi connectivity index (χ1) is 15.4. The minimum absolute atomic E-state index is 0.136. The van der Waals surface area contributed by atoms with E-state index in [-0.39, 0.29) is 6.04 Å². The van der Waals surface area contributed by atoms with Crippen LogP contribution in [-0.4, -0.2) is 24.5 Å². The van der Waals surface area contributed by atoms with Crippen molar-refractivity contribution in [2.75, 3.05) is 5.32 Å². The lowest BCUT2D eigenvalue weighted by molar-refractivity contribution is 0.612. The molecule has 0 spiro atoms. The second kappa shape index (κ2) is 7.37. The highest BCUT2D eigenvalue weighted by molar-refractivity contribution is 7.13. The van der Waals surface area contributed by atoms with Crippen molar-refractivity contribution in [2.24, 2.45) is 0 Å². The highest BCUT2D eigenvalue weighted by Crippen LogP contribution is 2.38. The minimum atomic E-state index is -0.136. The van der Waals surface area contributed by atoms with Crippen LogP contribution in [0.4, 0.5) is 5.95 Å². The van der Waals surface area contributed by atoms with Gasteiger partial charge in [-0.2, -0.15) is 15.2 Å². The molecular weight excluding hydrogens is 404 g/mol. The van der Waals surface area contributed by atoms with E-state index in [9.17, 15) is 0 Å². The first-order valence-electron chi connectivity index (χ1n) is 9.99. The quantitative estimate of drug-likeness (QED) is 0.430. The van der Waals surface area contributed by atoms with Gasteiger partial charge in [-0.15, -0.1) is 11.3 Å². The molecule has 0 saturated heterocycles. The van der Waals surface area contributed by atoms with Gasteiger partial charge >= 0.3 is 0 Å². The van der Waals surface area contributed by atoms with Gasteiger partial charge in [0.25, 0.3) is 0 Å². The molecule has 4 heterocycles. The van der Waals surface area contributed by atoms with Crippen LogP contribution in [-0.2, 0) is 0 Å². The Kier molecular flexibility index (Phi) is 4.25. The topological polar surface area (TPSA) is 60.6 Å². The zero-order valence-corrected chi connectivity index (χ0v) is 17.3. The minimum Gasteiger partial charge on any atom is -0.324 e. The van der Waals surface area contributed by atoms with Crippen LogP contribution < -0.4 is 5.32 Å². The molecule has 2 aromatic carbocycles. The lowest BCUT2D eigenvalue weighted by Crippen LogP contribution is -2.20. The second-order valence-corrected chi connectivity index (χ2v) is 8.18. The maximum Gasteiger partial charge on any atom is 0.226 e. The number of para-hydroxylation sites is 1. The number of anilines is 1. The predicted octanol–water partition coefficient (Wildman–Crippen LogP) is 5.25. The fourth-order valence-corrected chi connectivity index (χ4v) is 4.59. The van der Waals surface area contributed by atoms with Crippen LogP contribution in [0.25, 0.3) is 22.0 Å². The summed E-state index contributed by atoms with van der Waals surface area (Å²) in [5.74, 6) is 0.718. The van der Waals surface area contributed by atoms with Crippen molar-refractivity contribution in [2.45, 2.75) is 6.04 Å². The smallest absolute Gasteiger partial charge is 0.226 e. The molecule has 1 N–H and O–H groups in total. The van der Waals surface area contributed by atoms with Crippen molar-refractivity contribution >= 4 is 23.0 Å². The molecule has 7 heteroatoms. The molecule has 0 unspecified atom stereocenters. The number of hydrogen-bond donors (Lipinski definition) is 1. The summed E-state index contributed by atoms with van der Waals surface area (Å²) in [6.07, 6.45) is 5.88. The summed E-state index contributed by atoms with van der Waals surface area (Å²) in [5.41, 5.74) is 5.17. The number of thiophene rings is 1. The van der Waals surface area contributed by atoms with Crippen LogP contribution in [0.1, 0.15) is 17.2 Å². The Morgan fingerprint density at radius 3 is 2.48 bits per heavy atom. The molecular formula is C24H18N6S. The lowest BCUT2D eigenvalue weighted by atomic mass is 10.0. The highest BCUT2D eigenvalue weighted by atomic mass is 32.1. The molecule has 1 aliphatic heterocycles. The van der Waals surface area contributed by atoms with Gasteiger partial charge in [-0.25, -0.2) is 9.36 Å². The summed E-state index contributed by atoms with van der Waals surface area (Å²) >= 11 is 1.69. The van der Waals surface area contributed by atoms with Gasteiger partial charge in [-0.3, -0.25) is 0 Å². The molecule has 0 aliphatic carbocycles. The molecule has 31 heavy (non-hydrogen) atoms. The zero-order valence-electron chi connectivity index (χ0n) is 16.5. The van der Waals surface area contributed by atoms with E-state index in [1.807, 2.05) is 45.8 Å². The third-order valence-corrected chi connectivity index (χ3v) is 6.21. The number of benzene rings is 2. The fraction of sp³-hybridized carbons (Fsp3) is 0.0417. The van der Waals surface area contributed by atoms with Crippen molar-refractivity contribution in [3.8, 4) is 16.3 Å². The maximum absolute atomic E-state index is 4.97. The van der Waals surface area contributed by atoms with Crippen molar-refractivity contribution in [1.29, 1.82) is 0 Å². The van der Waals surface area contributed by atoms with Gasteiger partial charge in [0, 0.05) is 17.5 Å². The molecule has 0 radical (unpaired) electrons. The monoisotopic (exact) mass is 422 g/mol. The predicted molar refractivity (Wildman–Crippen MR) is 123 cm³/mol. The summed E-state index contributed by atoms with van der Waals surface area (Å²) < 4.78 is 3.86. The molecule has 0 bridgehead atoms. The zero-order chi connectivity index (χ0) is 20.6. The van der Waals surface area contributed by atoms with E-state index in [0.29, 0.717) is 0 Å². The van der Waals surface area contributed by atoms with Gasteiger partial charge in [-0.1, -0.05) is 54.6 Å². The third kappa shape index (κ3) is 3.15. The summed E-state index contributed by atoms with van der Waals surface area (Å²) in [6, 6.07) is 24.5. The number of rotatable bonds is 4. The van der Waals surface area contributed by atoms with Gasteiger partial charge in [0.1, 0.15) is 18.1 Å². The van der Waals surface area contributed by atoms with E-state index in [0.717, 1.165) is 39.0 Å². The first-order valence-corrected chi connectivity index (χ1v) is 10.9. The van der Waals surface area contributed by atoms with Crippen LogP contribution in [0, 0.1) is 0 Å². The third-order valence-electron chi connectivity index (χ3n) is 5.33. The van der Waals surface area contributed by atoms with Crippen LogP contribution in [0.15, 0.2) is 96.8 Å². The summed E-state index contributed by atoms with van der Waals surface area (Å²) in [4.78, 5) is 5.57. The Labute approximate surface area is 183 Å². The lowest BCUT2D eigenvalue weighted by Gasteiger charge is -2.24. The van der Waals surface area contributed by atoms with E-state index in [4.69, 9.17) is 5.10 Å². The summed E-state index contributed by atoms with van der Waals surface area (Å²) in [5, 5.41) is 15.0. The first kappa shape index (κ1) is 17.9. The van der Waals surface area contributed by atoms with E-state index >= 15 is 0 Å². The maximum atomic E-state index is 4.97. The molecule has 0 saturated carbocycles. The van der Waals surface area contributed by atoms with E-state index in [1.54, 1.807) is 17.7 Å². The number of nitrogens with one attached hydrogen (secondary N) is 1. The van der Waals surface area contributed by atoms with E-state index < -0.39 is 0 Å². The molecule has 6 nitrogen and oxygen atoms in total. The summed E-state index contributed by atoms with van der Waals surface area (Å²) in [6.45, 7) is 0. The Morgan fingerprint density at radius 2 is 1.71 bits per heavy atom. The van der Waals surface area contributed by atoms with Gasteiger partial charge < -0.3 is 5.32 Å². The van der Waals surface area contributed by atoms with Crippen LogP contribution >= 0.6 is 11.3 Å². The number of nitrogens with zero attached hydrogens (tertiary/aromatic N) is 5. The number of fused-ring (bicyclic) bond motifs is 1. The average Bonchev–Trinajstić information content (AvgIpc) is 3.60. The summed E-state index contributed by atoms with van der Waals surface area (Å²) in [7, 11) is 0. The Bertz CT molecular complexity index is 1350. The van der Waals surface area contributed by atoms with Gasteiger partial charge in [0.2, 0.25) is 5.95 Å². The van der Waals surface area contributed by atoms with Crippen molar-refractivity contribution < 1.29 is 0 Å². The highest BCUT2D eigenvalue weighted by Gasteiger charge is 2.28. The molecule has 1 atom stereocenters. The fourth-order valence-electron chi connectivity index (χ4n) is 3.86. The normalized spacial score (nSPS) is 15.2. The van der Waals surface area contributed by atoms with Gasteiger partial charge in [-0.05, 0) is 35.2 Å². The molecule has 150 valence electrons. The Morgan fingerprint density at radius 1 is 0.903 bits per heavy atom. The van der Waals surface area contributed by atoms with Crippen LogP contribution in [0.2, 0.25) is 0 Å². The standard InChI is InChI=1S/C24H18N6S/c1-3-8-17(9-4-1)20-14-21(30-24(27-20)25-16-26-30)19-15-29(18-10-5-2-6-11-18)28-23(19)22-12-7-13-31-22/h1-16,21H,(H,25,26,27)/t21-/m1/s1. The largest absolute Gasteiger partial charge is 0.324 e. The Balaban J connectivity index is 1.54.